The van der Waals surface area contributed by atoms with Crippen molar-refractivity contribution < 1.29 is 62.6 Å². The minimum Gasteiger partial charge on any atom is -0.394 e. The fourth-order valence-corrected chi connectivity index (χ4v) is 2.64. The van der Waals surface area contributed by atoms with Crippen LogP contribution in [0.1, 0.15) is 181 Å². The number of amides is 1. The molecule has 3 rings (SSSR count). The number of nitrogens with zero attached hydrogens (tertiary/aromatic N) is 2. The van der Waals surface area contributed by atoms with E-state index in [1.54, 1.807) is 20.8 Å². The molecule has 1 fully saturated rings. The molecule has 1 amide bonds. The number of rotatable bonds is 4. The molecule has 26 nitrogen and oxygen atoms in total. The summed E-state index contributed by atoms with van der Waals surface area (Å²) in [5, 5.41) is 15.7. The fourth-order valence-electron chi connectivity index (χ4n) is 2.64. The van der Waals surface area contributed by atoms with Crippen LogP contribution >= 0.6 is 0 Å². The van der Waals surface area contributed by atoms with Crippen LogP contribution in [0.3, 0.4) is 0 Å². The molecule has 558 valence electrons. The van der Waals surface area contributed by atoms with Crippen molar-refractivity contribution in [1.82, 2.24) is 35.7 Å². The van der Waals surface area contributed by atoms with Gasteiger partial charge in [-0.1, -0.05) is 184 Å². The minimum absolute atomic E-state index is 0. The maximum Gasteiger partial charge on any atom is 0.219 e. The smallest absolute Gasteiger partial charge is 0.219 e. The lowest BCUT2D eigenvalue weighted by Gasteiger charge is -2.24. The highest BCUT2D eigenvalue weighted by Gasteiger charge is 2.11. The van der Waals surface area contributed by atoms with Gasteiger partial charge in [-0.05, 0) is 117 Å². The lowest BCUT2D eigenvalue weighted by atomic mass is 10.1. The molecule has 0 aliphatic carbocycles. The number of nitriles is 1. The predicted molar refractivity (Wildman–Crippen MR) is 399 cm³/mol. The Labute approximate surface area is 556 Å². The van der Waals surface area contributed by atoms with Crippen molar-refractivity contribution in [2.75, 3.05) is 55.4 Å². The standard InChI is InChI=1S/2C8H10.C7H13NO.2C5H12.C4H10.C3H5N.C3H8O.2C2H6.6CH5N.11CH2O.5H3N/c2*1-2-8-6-4-3-5-7-8;1-7(9)8-5-3-2-4-6-8;2*1-4-5(2)3;1-4(2)3;1-2-3-4;1-3(2)4;19*1-2;;;;;/h2*3-7H,2H2,1H3;2-6H2,1H3;2*5H,4H2,1-3H3;4H,1-3H3;2H2,1H3;3-4H,1-2H3;2*1-2H3;6*2H2,1H3;11*1H2;5*1H3. The van der Waals surface area contributed by atoms with Crippen LogP contribution in [-0.4, -0.2) is 152 Å². The second-order valence-corrected chi connectivity index (χ2v) is 13.2. The lowest BCUT2D eigenvalue weighted by molar-refractivity contribution is -0.129. The Morgan fingerprint density at radius 2 is 0.556 bits per heavy atom. The quantitative estimate of drug-likeness (QED) is 0.135. The largest absolute Gasteiger partial charge is 0.394 e. The summed E-state index contributed by atoms with van der Waals surface area (Å²) in [6, 6.07) is 22.8. The minimum atomic E-state index is -0.167. The number of likely N-dealkylation sites (tertiary alicyclic amines) is 1. The van der Waals surface area contributed by atoms with E-state index in [0.717, 1.165) is 43.7 Å². The zero-order valence-electron chi connectivity index (χ0n) is 63.2. The molecular weight excluding hydrogens is 1160 g/mol. The van der Waals surface area contributed by atoms with Crippen molar-refractivity contribution in [2.24, 2.45) is 52.2 Å². The Morgan fingerprint density at radius 3 is 0.622 bits per heavy atom. The molecular formula is C64H159N13O13. The van der Waals surface area contributed by atoms with E-state index in [1.165, 1.54) is 85.5 Å². The SMILES string of the molecule is C=O.C=O.C=O.C=O.C=O.C=O.C=O.C=O.C=O.C=O.C=O.CC.CC.CC(=O)N1CCCCC1.CC(C)C.CC(C)O.CCC#N.CCC(C)C.CCC(C)C.CCc1ccccc1.CCc1ccccc1.CN.CN.CN.CN.CN.CN.N.N.N.N.N. The van der Waals surface area contributed by atoms with E-state index < -0.39 is 0 Å². The van der Waals surface area contributed by atoms with E-state index in [2.05, 4.69) is 159 Å². The molecule has 0 bridgehead atoms. The molecule has 0 saturated carbocycles. The van der Waals surface area contributed by atoms with E-state index in [9.17, 15) is 4.79 Å². The molecule has 0 aromatic heterocycles. The Kier molecular flexibility index (Phi) is 789. The summed E-state index contributed by atoms with van der Waals surface area (Å²) in [6.45, 7) is 63.0. The van der Waals surface area contributed by atoms with Gasteiger partial charge in [0, 0.05) is 32.5 Å². The van der Waals surface area contributed by atoms with Gasteiger partial charge in [-0.25, -0.2) is 0 Å². The number of aliphatic hydroxyl groups is 1. The van der Waals surface area contributed by atoms with Crippen molar-refractivity contribution in [3.05, 3.63) is 71.8 Å². The van der Waals surface area contributed by atoms with Crippen LogP contribution in [-0.2, 0) is 70.4 Å². The number of hydrogen-bond donors (Lipinski definition) is 12. The average molecular weight is 1320 g/mol. The maximum atomic E-state index is 10.7. The highest BCUT2D eigenvalue weighted by Crippen LogP contribution is 2.07. The van der Waals surface area contributed by atoms with Crippen molar-refractivity contribution in [3.63, 3.8) is 0 Å². The topological polar surface area (TPSA) is 583 Å². The van der Waals surface area contributed by atoms with Gasteiger partial charge in [0.15, 0.2) is 0 Å². The molecule has 1 heterocycles. The van der Waals surface area contributed by atoms with Crippen molar-refractivity contribution in [3.8, 4) is 6.07 Å². The van der Waals surface area contributed by atoms with Crippen LogP contribution in [0.25, 0.3) is 0 Å². The Hall–Kier alpha value is -6.71. The Balaban J connectivity index is -0.0000000163. The molecule has 0 spiro atoms. The summed E-state index contributed by atoms with van der Waals surface area (Å²) in [6.07, 6.45) is 9.03. The van der Waals surface area contributed by atoms with Gasteiger partial charge in [0.05, 0.1) is 6.07 Å². The number of carbonyl (C=O) groups excluding carboxylic acids is 12. The second-order valence-electron chi connectivity index (χ2n) is 13.2. The first-order valence-corrected chi connectivity index (χ1v) is 27.1. The van der Waals surface area contributed by atoms with Crippen LogP contribution in [0.15, 0.2) is 60.7 Å². The Bertz CT molecular complexity index is 1020. The zero-order chi connectivity index (χ0) is 75.5. The van der Waals surface area contributed by atoms with Gasteiger partial charge in [-0.3, -0.25) is 4.79 Å². The number of aryl methyl sites for hydroxylation is 2. The van der Waals surface area contributed by atoms with Crippen LogP contribution in [0, 0.1) is 29.1 Å². The number of benzene rings is 2. The molecule has 2 aromatic carbocycles. The van der Waals surface area contributed by atoms with Gasteiger partial charge in [-0.2, -0.15) is 5.26 Å². The number of piperidine rings is 1. The highest BCUT2D eigenvalue weighted by molar-refractivity contribution is 5.73. The van der Waals surface area contributed by atoms with E-state index in [4.69, 9.17) is 63.1 Å². The molecule has 26 heteroatoms. The number of hydrogen-bond acceptors (Lipinski definition) is 25. The summed E-state index contributed by atoms with van der Waals surface area (Å²) in [4.78, 5) is 101. The third-order valence-electron chi connectivity index (χ3n) is 6.09. The summed E-state index contributed by atoms with van der Waals surface area (Å²) in [7, 11) is 9.00. The van der Waals surface area contributed by atoms with Crippen LogP contribution in [0.5, 0.6) is 0 Å². The fraction of sp³-hybridized carbons (Fsp3) is 0.609. The van der Waals surface area contributed by atoms with Gasteiger partial charge in [-0.15, -0.1) is 0 Å². The van der Waals surface area contributed by atoms with Gasteiger partial charge < -0.3 is 128 Å². The van der Waals surface area contributed by atoms with Gasteiger partial charge in [0.2, 0.25) is 5.91 Å². The van der Waals surface area contributed by atoms with Crippen molar-refractivity contribution in [2.45, 2.75) is 189 Å². The highest BCUT2D eigenvalue weighted by atomic mass is 16.3. The summed E-state index contributed by atoms with van der Waals surface area (Å²) < 4.78 is 0. The van der Waals surface area contributed by atoms with Gasteiger partial charge in [0.25, 0.3) is 0 Å². The second kappa shape index (κ2) is 371. The number of nitrogens with two attached hydrogens (primary N) is 6. The van der Waals surface area contributed by atoms with Gasteiger partial charge in [0.1, 0.15) is 74.7 Å². The molecule has 1 saturated heterocycles. The summed E-state index contributed by atoms with van der Waals surface area (Å²) >= 11 is 0. The molecule has 28 N–H and O–H groups in total. The number of aliphatic hydroxyl groups excluding tert-OH is 1. The van der Waals surface area contributed by atoms with E-state index in [1.807, 2.05) is 132 Å². The number of carbonyl (C=O) groups is 12. The van der Waals surface area contributed by atoms with Crippen LogP contribution < -0.4 is 65.2 Å². The average Bonchev–Trinajstić information content (AvgIpc) is 3.62. The zero-order valence-corrected chi connectivity index (χ0v) is 63.2. The summed E-state index contributed by atoms with van der Waals surface area (Å²) in [5.74, 6) is 2.83. The first-order chi connectivity index (χ1) is 41.1. The van der Waals surface area contributed by atoms with Crippen molar-refractivity contribution >= 4 is 80.6 Å². The predicted octanol–water partition coefficient (Wildman–Crippen LogP) is 10.9. The molecule has 1 aliphatic heterocycles. The van der Waals surface area contributed by atoms with E-state index in [0.29, 0.717) is 6.42 Å². The van der Waals surface area contributed by atoms with Gasteiger partial charge >= 0.3 is 0 Å². The molecule has 0 unspecified atom stereocenters. The third-order valence-corrected chi connectivity index (χ3v) is 6.09. The first kappa shape index (κ1) is 191. The molecule has 90 heavy (non-hydrogen) atoms. The van der Waals surface area contributed by atoms with E-state index >= 15 is 0 Å². The van der Waals surface area contributed by atoms with Crippen LogP contribution in [0.2, 0.25) is 0 Å². The van der Waals surface area contributed by atoms with E-state index in [-0.39, 0.29) is 42.8 Å². The molecule has 1 aliphatic rings. The first-order valence-electron chi connectivity index (χ1n) is 27.1. The molecule has 2 aromatic rings. The monoisotopic (exact) mass is 1320 g/mol. The summed E-state index contributed by atoms with van der Waals surface area (Å²) in [5.41, 5.74) is 29.8. The Morgan fingerprint density at radius 1 is 0.422 bits per heavy atom. The lowest BCUT2D eigenvalue weighted by Crippen LogP contribution is -2.33. The third kappa shape index (κ3) is 571. The molecule has 0 radical (unpaired) electrons. The maximum absolute atomic E-state index is 10.7. The molecule has 0 atom stereocenters. The van der Waals surface area contributed by atoms with Crippen molar-refractivity contribution in [1.29, 1.82) is 5.26 Å². The normalized spacial score (nSPS) is 6.72. The van der Waals surface area contributed by atoms with Crippen LogP contribution in [0.4, 0.5) is 0 Å².